The van der Waals surface area contributed by atoms with Crippen LogP contribution in [0.4, 0.5) is 0 Å². The van der Waals surface area contributed by atoms with E-state index in [9.17, 15) is 4.79 Å². The molecule has 0 aliphatic heterocycles. The molecule has 0 aliphatic rings. The van der Waals surface area contributed by atoms with Gasteiger partial charge in [-0.2, -0.15) is 0 Å². The van der Waals surface area contributed by atoms with Crippen LogP contribution in [0.15, 0.2) is 11.1 Å². The second kappa shape index (κ2) is 4.85. The summed E-state index contributed by atoms with van der Waals surface area (Å²) in [5.74, 6) is 0. The molecule has 6 heteroatoms. The fourth-order valence-corrected chi connectivity index (χ4v) is 1.41. The van der Waals surface area contributed by atoms with Gasteiger partial charge in [0.25, 0.3) is 5.56 Å². The van der Waals surface area contributed by atoms with Gasteiger partial charge in [0.05, 0.1) is 34.8 Å². The first-order valence-electron chi connectivity index (χ1n) is 4.06. The Bertz CT molecular complexity index is 377. The van der Waals surface area contributed by atoms with Crippen molar-refractivity contribution in [3.63, 3.8) is 0 Å². The van der Waals surface area contributed by atoms with Gasteiger partial charge in [-0.25, -0.2) is 4.98 Å². The van der Waals surface area contributed by atoms with Crippen LogP contribution in [0.5, 0.6) is 0 Å². The molecule has 0 amide bonds. The fourth-order valence-electron chi connectivity index (χ4n) is 0.961. The molecule has 0 spiro atoms. The lowest BCUT2D eigenvalue weighted by Gasteiger charge is -2.10. The van der Waals surface area contributed by atoms with Gasteiger partial charge in [0.15, 0.2) is 0 Å². The van der Waals surface area contributed by atoms with E-state index in [0.29, 0.717) is 9.26 Å². The van der Waals surface area contributed by atoms with Crippen LogP contribution >= 0.6 is 22.6 Å². The van der Waals surface area contributed by atoms with Crippen molar-refractivity contribution < 1.29 is 10.2 Å². The smallest absolute Gasteiger partial charge is 0.267 e. The van der Waals surface area contributed by atoms with Gasteiger partial charge in [-0.15, -0.1) is 0 Å². The lowest BCUT2D eigenvalue weighted by atomic mass is 10.3. The molecule has 0 fully saturated rings. The third-order valence-corrected chi connectivity index (χ3v) is 3.02. The zero-order valence-electron chi connectivity index (χ0n) is 7.64. The molecule has 2 N–H and O–H groups in total. The summed E-state index contributed by atoms with van der Waals surface area (Å²) in [6.45, 7) is 1.45. The van der Waals surface area contributed by atoms with E-state index in [-0.39, 0.29) is 18.7 Å². The third-order valence-electron chi connectivity index (χ3n) is 1.78. The highest BCUT2D eigenvalue weighted by atomic mass is 127. The van der Waals surface area contributed by atoms with Crippen molar-refractivity contribution in [3.8, 4) is 0 Å². The van der Waals surface area contributed by atoms with E-state index in [1.807, 2.05) is 22.6 Å². The number of hydrogen-bond donors (Lipinski definition) is 2. The number of nitrogens with zero attached hydrogens (tertiary/aromatic N) is 2. The first kappa shape index (κ1) is 11.6. The summed E-state index contributed by atoms with van der Waals surface area (Å²) < 4.78 is 1.82. The van der Waals surface area contributed by atoms with Crippen molar-refractivity contribution in [1.82, 2.24) is 9.55 Å². The number of halogens is 1. The normalized spacial score (nSPS) is 12.9. The van der Waals surface area contributed by atoms with Gasteiger partial charge in [0.1, 0.15) is 0 Å². The maximum Gasteiger partial charge on any atom is 0.267 e. The van der Waals surface area contributed by atoms with E-state index in [1.54, 1.807) is 6.92 Å². The summed E-state index contributed by atoms with van der Waals surface area (Å²) in [6.07, 6.45) is 0.451. The summed E-state index contributed by atoms with van der Waals surface area (Å²) in [6, 6.07) is 0. The minimum absolute atomic E-state index is 0.0681. The molecule has 0 radical (unpaired) electrons. The molecule has 5 nitrogen and oxygen atoms in total. The molecule has 1 rings (SSSR count). The highest BCUT2D eigenvalue weighted by Crippen LogP contribution is 2.01. The molecule has 78 valence electrons. The summed E-state index contributed by atoms with van der Waals surface area (Å²) in [7, 11) is 0. The summed E-state index contributed by atoms with van der Waals surface area (Å²) >= 11 is 1.91. The number of rotatable bonds is 3. The van der Waals surface area contributed by atoms with Crippen LogP contribution in [-0.4, -0.2) is 32.5 Å². The topological polar surface area (TPSA) is 75.3 Å². The van der Waals surface area contributed by atoms with Crippen LogP contribution in [0, 0.1) is 10.5 Å². The second-order valence-corrected chi connectivity index (χ2v) is 4.02. The average Bonchev–Trinajstić information content (AvgIpc) is 2.19. The monoisotopic (exact) mass is 310 g/mol. The van der Waals surface area contributed by atoms with Crippen molar-refractivity contribution in [3.05, 3.63) is 25.9 Å². The highest BCUT2D eigenvalue weighted by Gasteiger charge is 2.08. The van der Waals surface area contributed by atoms with Crippen LogP contribution in [0.3, 0.4) is 0 Å². The lowest BCUT2D eigenvalue weighted by molar-refractivity contribution is 0.0800. The molecule has 1 aromatic rings. The Morgan fingerprint density at radius 2 is 2.36 bits per heavy atom. The van der Waals surface area contributed by atoms with Gasteiger partial charge in [0.2, 0.25) is 0 Å². The van der Waals surface area contributed by atoms with Crippen LogP contribution in [0.1, 0.15) is 5.69 Å². The molecule has 0 aliphatic carbocycles. The zero-order valence-corrected chi connectivity index (χ0v) is 9.80. The number of aliphatic hydroxyl groups excluding tert-OH is 2. The van der Waals surface area contributed by atoms with Crippen LogP contribution in [0.25, 0.3) is 0 Å². The van der Waals surface area contributed by atoms with E-state index < -0.39 is 6.10 Å². The number of aromatic nitrogens is 2. The second-order valence-electron chi connectivity index (χ2n) is 2.94. The van der Waals surface area contributed by atoms with E-state index in [2.05, 4.69) is 4.98 Å². The molecule has 0 saturated heterocycles. The Morgan fingerprint density at radius 3 is 2.93 bits per heavy atom. The Hall–Kier alpha value is -0.470. The first-order valence-corrected chi connectivity index (χ1v) is 5.14. The molecule has 0 aromatic carbocycles. The summed E-state index contributed by atoms with van der Waals surface area (Å²) in [5.41, 5.74) is 0.482. The minimum atomic E-state index is -0.923. The van der Waals surface area contributed by atoms with Gasteiger partial charge in [0, 0.05) is 0 Å². The number of aliphatic hydroxyl groups is 2. The van der Waals surface area contributed by atoms with Crippen molar-refractivity contribution in [2.45, 2.75) is 19.6 Å². The first-order chi connectivity index (χ1) is 6.56. The molecule has 0 saturated carbocycles. The average molecular weight is 310 g/mol. The van der Waals surface area contributed by atoms with Gasteiger partial charge < -0.3 is 10.2 Å². The van der Waals surface area contributed by atoms with E-state index in [4.69, 9.17) is 10.2 Å². The summed E-state index contributed by atoms with van der Waals surface area (Å²) in [5, 5.41) is 17.8. The fraction of sp³-hybridized carbons (Fsp3) is 0.500. The molecule has 1 heterocycles. The molecular formula is C8H11IN2O3. The predicted octanol–water partition coefficient (Wildman–Crippen LogP) is -0.490. The van der Waals surface area contributed by atoms with Crippen molar-refractivity contribution in [2.75, 3.05) is 6.61 Å². The minimum Gasteiger partial charge on any atom is -0.394 e. The van der Waals surface area contributed by atoms with Crippen LogP contribution in [-0.2, 0) is 6.54 Å². The maximum absolute atomic E-state index is 11.6. The lowest BCUT2D eigenvalue weighted by Crippen LogP contribution is -2.30. The van der Waals surface area contributed by atoms with E-state index in [0.717, 1.165) is 0 Å². The van der Waals surface area contributed by atoms with Gasteiger partial charge in [-0.1, -0.05) is 0 Å². The zero-order chi connectivity index (χ0) is 10.7. The number of hydrogen-bond acceptors (Lipinski definition) is 4. The van der Waals surface area contributed by atoms with Gasteiger partial charge >= 0.3 is 0 Å². The van der Waals surface area contributed by atoms with Crippen molar-refractivity contribution in [2.24, 2.45) is 0 Å². The highest BCUT2D eigenvalue weighted by molar-refractivity contribution is 14.1. The molecule has 0 bridgehead atoms. The standard InChI is InChI=1S/C8H11IN2O3/c1-5-7(9)8(14)11(4-10-5)2-6(13)3-12/h4,6,12-13H,2-3H2,1H3. The van der Waals surface area contributed by atoms with Crippen molar-refractivity contribution >= 4 is 22.6 Å². The molecule has 14 heavy (non-hydrogen) atoms. The quantitative estimate of drug-likeness (QED) is 0.739. The predicted molar refractivity (Wildman–Crippen MR) is 59.0 cm³/mol. The van der Waals surface area contributed by atoms with Crippen molar-refractivity contribution in [1.29, 1.82) is 0 Å². The third kappa shape index (κ3) is 2.52. The SMILES string of the molecule is Cc1ncn(CC(O)CO)c(=O)c1I. The Labute approximate surface area is 94.6 Å². The van der Waals surface area contributed by atoms with Gasteiger partial charge in [-0.3, -0.25) is 9.36 Å². The molecule has 1 atom stereocenters. The molecule has 1 unspecified atom stereocenters. The van der Waals surface area contributed by atoms with Gasteiger partial charge in [-0.05, 0) is 29.5 Å². The summed E-state index contributed by atoms with van der Waals surface area (Å²) in [4.78, 5) is 15.6. The number of aryl methyl sites for hydroxylation is 1. The van der Waals surface area contributed by atoms with Crippen LogP contribution in [0.2, 0.25) is 0 Å². The van der Waals surface area contributed by atoms with E-state index >= 15 is 0 Å². The van der Waals surface area contributed by atoms with Crippen LogP contribution < -0.4 is 5.56 Å². The largest absolute Gasteiger partial charge is 0.394 e. The molecular weight excluding hydrogens is 299 g/mol. The Balaban J connectivity index is 3.00. The maximum atomic E-state index is 11.6. The molecule has 1 aromatic heterocycles. The Kier molecular flexibility index (Phi) is 4.02. The van der Waals surface area contributed by atoms with E-state index in [1.165, 1.54) is 10.9 Å². The Morgan fingerprint density at radius 1 is 1.71 bits per heavy atom.